The smallest absolute Gasteiger partial charge is 0.347 e. The largest absolute Gasteiger partial charge is 0.748 e. The van der Waals surface area contributed by atoms with Crippen molar-refractivity contribution in [2.75, 3.05) is 42.6 Å². The molecule has 0 fully saturated rings. The van der Waals surface area contributed by atoms with Crippen molar-refractivity contribution in [2.45, 2.75) is 104 Å². The van der Waals surface area contributed by atoms with Crippen molar-refractivity contribution < 1.29 is 39.9 Å². The first-order valence-corrected chi connectivity index (χ1v) is 23.5. The van der Waals surface area contributed by atoms with Crippen molar-refractivity contribution >= 4 is 49.0 Å². The molecule has 0 bridgehead atoms. The van der Waals surface area contributed by atoms with Crippen LogP contribution in [-0.2, 0) is 25.7 Å². The molecule has 0 spiro atoms. The minimum absolute atomic E-state index is 0.0106. The molecular formula is C44H59N2O10S2-. The molecule has 58 heavy (non-hydrogen) atoms. The number of hydrogen-bond donors (Lipinski definition) is 1. The van der Waals surface area contributed by atoms with Crippen LogP contribution in [0.4, 0.5) is 5.69 Å². The Morgan fingerprint density at radius 1 is 0.759 bits per heavy atom. The highest BCUT2D eigenvalue weighted by molar-refractivity contribution is 7.85. The molecule has 2 aliphatic rings. The summed E-state index contributed by atoms with van der Waals surface area (Å²) in [6.07, 6.45) is 16.0. The van der Waals surface area contributed by atoms with Gasteiger partial charge in [-0.3, -0.25) is 0 Å². The zero-order chi connectivity index (χ0) is 42.5. The summed E-state index contributed by atoms with van der Waals surface area (Å²) in [4.78, 5) is 15.6. The Labute approximate surface area is 343 Å². The van der Waals surface area contributed by atoms with E-state index in [2.05, 4.69) is 18.7 Å². The third-order valence-electron chi connectivity index (χ3n) is 10.0. The summed E-state index contributed by atoms with van der Waals surface area (Å²) in [5, 5.41) is 12.3. The summed E-state index contributed by atoms with van der Waals surface area (Å²) >= 11 is 0. The molecule has 0 amide bonds. The average Bonchev–Trinajstić information content (AvgIpc) is 3.14. The van der Waals surface area contributed by atoms with Crippen molar-refractivity contribution in [3.63, 3.8) is 0 Å². The molecular weight excluding hydrogens is 781 g/mol. The minimum Gasteiger partial charge on any atom is -0.748 e. The molecule has 2 heterocycles. The fraction of sp³-hybridized carbons (Fsp3) is 0.500. The van der Waals surface area contributed by atoms with E-state index in [4.69, 9.17) is 8.83 Å². The molecule has 1 aromatic heterocycles. The number of aromatic hydroxyl groups is 1. The Balaban J connectivity index is 1.66. The van der Waals surface area contributed by atoms with E-state index < -0.39 is 42.8 Å². The summed E-state index contributed by atoms with van der Waals surface area (Å²) in [6, 6.07) is 12.9. The first-order chi connectivity index (χ1) is 27.4. The predicted octanol–water partition coefficient (Wildman–Crippen LogP) is 7.83. The minimum atomic E-state index is -4.46. The van der Waals surface area contributed by atoms with Gasteiger partial charge in [0.05, 0.1) is 31.7 Å². The van der Waals surface area contributed by atoms with E-state index >= 15 is 0 Å². The van der Waals surface area contributed by atoms with Crippen molar-refractivity contribution in [3.05, 3.63) is 87.3 Å². The molecule has 12 nitrogen and oxygen atoms in total. The number of unbranched alkanes of at least 4 members (excludes halogenated alkanes) is 6. The fourth-order valence-electron chi connectivity index (χ4n) is 6.81. The van der Waals surface area contributed by atoms with Crippen LogP contribution in [0.5, 0.6) is 5.75 Å². The maximum Gasteiger partial charge on any atom is 0.347 e. The average molecular weight is 840 g/mol. The van der Waals surface area contributed by atoms with Crippen LogP contribution < -0.4 is 20.5 Å². The Kier molecular flexibility index (Phi) is 16.9. The normalized spacial score (nSPS) is 12.7. The lowest BCUT2D eigenvalue weighted by atomic mass is 9.90. The molecule has 0 saturated carbocycles. The van der Waals surface area contributed by atoms with Gasteiger partial charge < -0.3 is 27.9 Å². The van der Waals surface area contributed by atoms with Gasteiger partial charge in [-0.15, -0.1) is 0 Å². The van der Waals surface area contributed by atoms with Crippen LogP contribution in [0.2, 0.25) is 0 Å². The molecule has 1 aliphatic carbocycles. The van der Waals surface area contributed by atoms with Gasteiger partial charge in [0.2, 0.25) is 5.36 Å². The maximum atomic E-state index is 13.2. The third kappa shape index (κ3) is 14.2. The second-order valence-corrected chi connectivity index (χ2v) is 18.9. The predicted molar refractivity (Wildman–Crippen MR) is 230 cm³/mol. The number of nitrogens with zero attached hydrogens (tertiary/aromatic N) is 2. The van der Waals surface area contributed by atoms with Gasteiger partial charge in [0.1, 0.15) is 41.5 Å². The zero-order valence-corrected chi connectivity index (χ0v) is 36.1. The fourth-order valence-corrected chi connectivity index (χ4v) is 7.78. The molecule has 0 atom stereocenters. The number of allylic oxidation sites excluding steroid dienone is 2. The molecule has 318 valence electrons. The van der Waals surface area contributed by atoms with Crippen molar-refractivity contribution in [3.8, 4) is 17.1 Å². The van der Waals surface area contributed by atoms with Crippen molar-refractivity contribution in [1.29, 1.82) is 0 Å². The molecule has 1 aromatic carbocycles. The van der Waals surface area contributed by atoms with Crippen LogP contribution in [0.25, 0.3) is 34.4 Å². The van der Waals surface area contributed by atoms with Gasteiger partial charge in [0.15, 0.2) is 0 Å². The standard InChI is InChI=1S/C44H60N2O10S2/c1-6-8-10-14-24-45(25-15-11-9-7-2)35-21-23-37-40(32-35)56-43(48)38(42(37)47)19-13-12-18-33-30-41(44(3,4)5)55-39-31-34(20-22-36(33)39)46(26-16-28-57(49,50)51)27-17-29-58(52,53)54/h12-13,18-23,30-32H,6-11,14-17,24-29H2,1-5H3,(H2,49,50,51,52,53,54)/p-1. The summed E-state index contributed by atoms with van der Waals surface area (Å²) < 4.78 is 81.5. The molecule has 1 N–H and O–H groups in total. The van der Waals surface area contributed by atoms with Crippen LogP contribution in [0.1, 0.15) is 116 Å². The van der Waals surface area contributed by atoms with Gasteiger partial charge in [0.25, 0.3) is 0 Å². The van der Waals surface area contributed by atoms with E-state index in [-0.39, 0.29) is 37.2 Å². The number of hydrogen-bond acceptors (Lipinski definition) is 11. The molecule has 2 aromatic rings. The Morgan fingerprint density at radius 3 is 1.93 bits per heavy atom. The van der Waals surface area contributed by atoms with Gasteiger partial charge >= 0.3 is 5.63 Å². The number of benzene rings is 2. The number of rotatable bonds is 22. The first-order valence-electron chi connectivity index (χ1n) is 20.3. The topological polar surface area (TPSA) is 184 Å². The highest BCUT2D eigenvalue weighted by Crippen LogP contribution is 2.34. The van der Waals surface area contributed by atoms with Gasteiger partial charge in [-0.25, -0.2) is 26.2 Å². The third-order valence-corrected chi connectivity index (χ3v) is 11.6. The van der Waals surface area contributed by atoms with Crippen LogP contribution in [-0.4, -0.2) is 68.7 Å². The zero-order valence-electron chi connectivity index (χ0n) is 34.5. The van der Waals surface area contributed by atoms with Gasteiger partial charge in [-0.05, 0) is 48.7 Å². The molecule has 4 rings (SSSR count). The van der Waals surface area contributed by atoms with E-state index in [1.54, 1.807) is 28.9 Å². The highest BCUT2D eigenvalue weighted by atomic mass is 32.2. The van der Waals surface area contributed by atoms with E-state index in [1.165, 1.54) is 31.8 Å². The maximum absolute atomic E-state index is 13.2. The Hall–Kier alpha value is -4.24. The SMILES string of the molecule is CCCCCCN(CCCCCC)c1ccc2c(O)c(/C=C/C=C/c3cc(C(C)(C)C)oc4cc(=[N+](CCCS(=O)(=O)[O-])CCCS(=O)(=O)[O-])ccc3-4)c(=O)oc2c1. The lowest BCUT2D eigenvalue weighted by Gasteiger charge is -2.25. The summed E-state index contributed by atoms with van der Waals surface area (Å²) in [7, 11) is -8.91. The van der Waals surface area contributed by atoms with Gasteiger partial charge in [0, 0.05) is 66.2 Å². The monoisotopic (exact) mass is 839 g/mol. The first kappa shape index (κ1) is 46.4. The van der Waals surface area contributed by atoms with Crippen molar-refractivity contribution in [2.24, 2.45) is 0 Å². The molecule has 0 radical (unpaired) electrons. The van der Waals surface area contributed by atoms with Crippen molar-refractivity contribution in [1.82, 2.24) is 4.58 Å². The second-order valence-electron chi connectivity index (χ2n) is 15.9. The second kappa shape index (κ2) is 21.1. The quantitative estimate of drug-likeness (QED) is 0.0268. The van der Waals surface area contributed by atoms with E-state index in [9.17, 15) is 35.8 Å². The summed E-state index contributed by atoms with van der Waals surface area (Å²) in [6.45, 7) is 12.5. The van der Waals surface area contributed by atoms with E-state index in [1.807, 2.05) is 57.2 Å². The molecule has 0 saturated heterocycles. The van der Waals surface area contributed by atoms with E-state index in [0.717, 1.165) is 55.6 Å². The van der Waals surface area contributed by atoms with Crippen LogP contribution in [0.15, 0.2) is 68.2 Å². The van der Waals surface area contributed by atoms with E-state index in [0.29, 0.717) is 27.8 Å². The Morgan fingerprint density at radius 2 is 1.36 bits per heavy atom. The summed E-state index contributed by atoms with van der Waals surface area (Å²) in [5.41, 5.74) is 1.81. The number of anilines is 1. The van der Waals surface area contributed by atoms with Crippen LogP contribution in [0.3, 0.4) is 0 Å². The Bertz CT molecular complexity index is 2320. The summed E-state index contributed by atoms with van der Waals surface area (Å²) in [5.74, 6) is -0.171. The lowest BCUT2D eigenvalue weighted by molar-refractivity contribution is 0.404. The van der Waals surface area contributed by atoms with Gasteiger partial charge in [-0.2, -0.15) is 0 Å². The lowest BCUT2D eigenvalue weighted by Crippen LogP contribution is -2.33. The highest BCUT2D eigenvalue weighted by Gasteiger charge is 2.22. The number of fused-ring (bicyclic) bond motifs is 2. The van der Waals surface area contributed by atoms with Crippen LogP contribution in [0, 0.1) is 0 Å². The molecule has 14 heteroatoms. The molecule has 0 unspecified atom stereocenters. The molecule has 1 aliphatic heterocycles. The van der Waals surface area contributed by atoms with Crippen LogP contribution >= 0.6 is 0 Å². The van der Waals surface area contributed by atoms with Gasteiger partial charge in [-0.1, -0.05) is 91.4 Å².